The van der Waals surface area contributed by atoms with Gasteiger partial charge in [-0.05, 0) is 17.8 Å². The zero-order valence-electron chi connectivity index (χ0n) is 10.7. The minimum Gasteiger partial charge on any atom is -0.212 e. The maximum absolute atomic E-state index is 11.7. The molecule has 1 N–H and O–H groups in total. The summed E-state index contributed by atoms with van der Waals surface area (Å²) in [5.74, 6) is 0.0518. The summed E-state index contributed by atoms with van der Waals surface area (Å²) in [6, 6.07) is 1.33. The Balaban J connectivity index is 4.42. The Morgan fingerprint density at radius 1 is 1.31 bits per heavy atom. The number of rotatable bonds is 5. The molecule has 0 rings (SSSR count). The Morgan fingerprint density at radius 2 is 1.81 bits per heavy atom. The number of hydrogen-bond acceptors (Lipinski definition) is 3. The Morgan fingerprint density at radius 3 is 2.12 bits per heavy atom. The molecule has 0 aliphatic carbocycles. The third-order valence-electron chi connectivity index (χ3n) is 2.23. The molecule has 5 heteroatoms. The molecule has 0 spiro atoms. The third kappa shape index (κ3) is 6.81. The second kappa shape index (κ2) is 5.65. The molecule has 0 aliphatic rings. The van der Waals surface area contributed by atoms with Crippen molar-refractivity contribution in [2.45, 2.75) is 47.1 Å². The number of nitrogens with one attached hydrogen (secondary N) is 1. The van der Waals surface area contributed by atoms with Crippen LogP contribution in [-0.4, -0.2) is 20.2 Å². The van der Waals surface area contributed by atoms with Gasteiger partial charge in [-0.2, -0.15) is 9.98 Å². The van der Waals surface area contributed by atoms with Crippen LogP contribution in [0.1, 0.15) is 41.0 Å². The number of hydrogen-bond donors (Lipinski definition) is 1. The first kappa shape index (κ1) is 15.4. The Kier molecular flexibility index (Phi) is 5.43. The highest BCUT2D eigenvalue weighted by Crippen LogP contribution is 2.19. The van der Waals surface area contributed by atoms with E-state index >= 15 is 0 Å². The molecule has 0 aliphatic heterocycles. The fraction of sp³-hybridized carbons (Fsp3) is 0.909. The van der Waals surface area contributed by atoms with Gasteiger partial charge in [-0.25, -0.2) is 8.42 Å². The van der Waals surface area contributed by atoms with Crippen LogP contribution >= 0.6 is 0 Å². The first-order valence-electron chi connectivity index (χ1n) is 5.47. The molecule has 4 nitrogen and oxygen atoms in total. The topological polar surface area (TPSA) is 70.0 Å². The van der Waals surface area contributed by atoms with Crippen LogP contribution in [0.4, 0.5) is 0 Å². The van der Waals surface area contributed by atoms with Gasteiger partial charge in [0.2, 0.25) is 10.0 Å². The van der Waals surface area contributed by atoms with Gasteiger partial charge in [0, 0.05) is 0 Å². The van der Waals surface area contributed by atoms with Crippen molar-refractivity contribution in [2.24, 2.45) is 11.3 Å². The van der Waals surface area contributed by atoms with Crippen molar-refractivity contribution < 1.29 is 8.42 Å². The maximum atomic E-state index is 11.7. The van der Waals surface area contributed by atoms with Gasteiger partial charge in [-0.3, -0.25) is 0 Å². The monoisotopic (exact) mass is 246 g/mol. The van der Waals surface area contributed by atoms with Crippen LogP contribution in [0.2, 0.25) is 0 Å². The molecular weight excluding hydrogens is 224 g/mol. The number of nitriles is 1. The summed E-state index contributed by atoms with van der Waals surface area (Å²) in [6.45, 7) is 9.62. The zero-order chi connectivity index (χ0) is 13.0. The molecule has 0 saturated heterocycles. The molecule has 16 heavy (non-hydrogen) atoms. The van der Waals surface area contributed by atoms with Crippen molar-refractivity contribution in [1.82, 2.24) is 4.72 Å². The first-order valence-corrected chi connectivity index (χ1v) is 7.12. The molecule has 0 fully saturated rings. The summed E-state index contributed by atoms with van der Waals surface area (Å²) in [7, 11) is -3.34. The SMILES string of the molecule is CC(C)C(C#N)NS(=O)(=O)CCC(C)(C)C. The van der Waals surface area contributed by atoms with Gasteiger partial charge in [0.1, 0.15) is 6.04 Å². The average molecular weight is 246 g/mol. The molecule has 0 aromatic rings. The van der Waals surface area contributed by atoms with Crippen molar-refractivity contribution in [3.05, 3.63) is 0 Å². The molecule has 0 aromatic carbocycles. The van der Waals surface area contributed by atoms with E-state index in [4.69, 9.17) is 5.26 Å². The molecule has 0 saturated carbocycles. The van der Waals surface area contributed by atoms with Gasteiger partial charge in [0.15, 0.2) is 0 Å². The smallest absolute Gasteiger partial charge is 0.212 e. The lowest BCUT2D eigenvalue weighted by molar-refractivity contribution is 0.395. The minimum absolute atomic E-state index is 0.0191. The number of nitrogens with zero attached hydrogens (tertiary/aromatic N) is 1. The Bertz CT molecular complexity index is 347. The zero-order valence-corrected chi connectivity index (χ0v) is 11.6. The van der Waals surface area contributed by atoms with E-state index in [1.807, 2.05) is 40.7 Å². The van der Waals surface area contributed by atoms with E-state index in [9.17, 15) is 8.42 Å². The normalized spacial score (nSPS) is 14.8. The van der Waals surface area contributed by atoms with E-state index in [-0.39, 0.29) is 17.1 Å². The Labute approximate surface area is 99.1 Å². The standard InChI is InChI=1S/C11H22N2O2S/c1-9(2)10(8-12)13-16(14,15)7-6-11(3,4)5/h9-10,13H,6-7H2,1-5H3. The van der Waals surface area contributed by atoms with Crippen LogP contribution < -0.4 is 4.72 Å². The molecule has 0 amide bonds. The summed E-state index contributed by atoms with van der Waals surface area (Å²) in [4.78, 5) is 0. The lowest BCUT2D eigenvalue weighted by Crippen LogP contribution is -2.39. The van der Waals surface area contributed by atoms with Crippen LogP contribution in [-0.2, 0) is 10.0 Å². The van der Waals surface area contributed by atoms with Crippen molar-refractivity contribution in [2.75, 3.05) is 5.75 Å². The van der Waals surface area contributed by atoms with Crippen molar-refractivity contribution in [3.63, 3.8) is 0 Å². The van der Waals surface area contributed by atoms with Crippen molar-refractivity contribution in [3.8, 4) is 6.07 Å². The van der Waals surface area contributed by atoms with E-state index < -0.39 is 16.1 Å². The molecule has 0 radical (unpaired) electrons. The van der Waals surface area contributed by atoms with Gasteiger partial charge in [-0.1, -0.05) is 34.6 Å². The predicted octanol–water partition coefficient (Wildman–Crippen LogP) is 1.89. The average Bonchev–Trinajstić information content (AvgIpc) is 2.10. The fourth-order valence-electron chi connectivity index (χ4n) is 1.00. The second-order valence-electron chi connectivity index (χ2n) is 5.60. The van der Waals surface area contributed by atoms with Crippen LogP contribution in [0.5, 0.6) is 0 Å². The third-order valence-corrected chi connectivity index (χ3v) is 3.59. The van der Waals surface area contributed by atoms with Gasteiger partial charge >= 0.3 is 0 Å². The Hall–Kier alpha value is -0.600. The van der Waals surface area contributed by atoms with E-state index in [1.165, 1.54) is 0 Å². The highest BCUT2D eigenvalue weighted by Gasteiger charge is 2.22. The predicted molar refractivity (Wildman–Crippen MR) is 65.2 cm³/mol. The minimum atomic E-state index is -3.34. The summed E-state index contributed by atoms with van der Waals surface area (Å²) in [6.07, 6.45) is 0.582. The largest absolute Gasteiger partial charge is 0.212 e. The maximum Gasteiger partial charge on any atom is 0.212 e. The molecule has 1 atom stereocenters. The molecule has 0 aromatic heterocycles. The van der Waals surface area contributed by atoms with Crippen LogP contribution in [0, 0.1) is 22.7 Å². The summed E-state index contributed by atoms with van der Waals surface area (Å²) < 4.78 is 25.8. The van der Waals surface area contributed by atoms with Crippen LogP contribution in [0.25, 0.3) is 0 Å². The molecular formula is C11H22N2O2S. The van der Waals surface area contributed by atoms with Crippen molar-refractivity contribution in [1.29, 1.82) is 5.26 Å². The van der Waals surface area contributed by atoms with Gasteiger partial charge in [-0.15, -0.1) is 0 Å². The summed E-state index contributed by atoms with van der Waals surface area (Å²) >= 11 is 0. The highest BCUT2D eigenvalue weighted by atomic mass is 32.2. The lowest BCUT2D eigenvalue weighted by Gasteiger charge is -2.20. The quantitative estimate of drug-likeness (QED) is 0.805. The van der Waals surface area contributed by atoms with E-state index in [0.717, 1.165) is 0 Å². The fourth-order valence-corrected chi connectivity index (χ4v) is 2.72. The molecule has 1 unspecified atom stereocenters. The van der Waals surface area contributed by atoms with Crippen LogP contribution in [0.3, 0.4) is 0 Å². The summed E-state index contributed by atoms with van der Waals surface area (Å²) in [5, 5.41) is 8.81. The van der Waals surface area contributed by atoms with Crippen LogP contribution in [0.15, 0.2) is 0 Å². The first-order chi connectivity index (χ1) is 7.07. The van der Waals surface area contributed by atoms with Gasteiger partial charge in [0.25, 0.3) is 0 Å². The highest BCUT2D eigenvalue weighted by molar-refractivity contribution is 7.89. The van der Waals surface area contributed by atoms with Gasteiger partial charge in [0.05, 0.1) is 11.8 Å². The lowest BCUT2D eigenvalue weighted by atomic mass is 9.94. The second-order valence-corrected chi connectivity index (χ2v) is 7.47. The molecule has 0 bridgehead atoms. The number of sulfonamides is 1. The van der Waals surface area contributed by atoms with E-state index in [0.29, 0.717) is 6.42 Å². The van der Waals surface area contributed by atoms with E-state index in [2.05, 4.69) is 4.72 Å². The molecule has 0 heterocycles. The van der Waals surface area contributed by atoms with E-state index in [1.54, 1.807) is 0 Å². The molecule has 94 valence electrons. The summed E-state index contributed by atoms with van der Waals surface area (Å²) in [5.41, 5.74) is -0.0191. The van der Waals surface area contributed by atoms with Crippen molar-refractivity contribution >= 4 is 10.0 Å². The van der Waals surface area contributed by atoms with Gasteiger partial charge < -0.3 is 0 Å².